The highest BCUT2D eigenvalue weighted by atomic mass is 79.9. The van der Waals surface area contributed by atoms with Crippen molar-refractivity contribution < 1.29 is 19.1 Å². The summed E-state index contributed by atoms with van der Waals surface area (Å²) >= 11 is 3.41. The molecule has 0 aliphatic carbocycles. The molecule has 2 aromatic carbocycles. The molecule has 1 unspecified atom stereocenters. The average molecular weight is 445 g/mol. The molecule has 2 amide bonds. The largest absolute Gasteiger partial charge is 0.489 e. The van der Waals surface area contributed by atoms with Crippen molar-refractivity contribution in [2.45, 2.75) is 26.0 Å². The van der Waals surface area contributed by atoms with E-state index in [4.69, 9.17) is 9.47 Å². The second-order valence-electron chi connectivity index (χ2n) is 6.25. The monoisotopic (exact) mass is 444 g/mol. The number of carbonyl (C=O) groups excluding carboxylic acids is 2. The molecule has 0 aromatic heterocycles. The van der Waals surface area contributed by atoms with E-state index in [-0.39, 0.29) is 6.03 Å². The van der Waals surface area contributed by atoms with Gasteiger partial charge in [0.15, 0.2) is 0 Å². The first-order valence-electron chi connectivity index (χ1n) is 8.88. The second kappa shape index (κ2) is 8.93. The van der Waals surface area contributed by atoms with Gasteiger partial charge in [0.1, 0.15) is 12.4 Å². The first kappa shape index (κ1) is 19.9. The van der Waals surface area contributed by atoms with Crippen LogP contribution in [0.2, 0.25) is 0 Å². The van der Waals surface area contributed by atoms with Gasteiger partial charge < -0.3 is 20.1 Å². The van der Waals surface area contributed by atoms with Crippen molar-refractivity contribution in [3.63, 3.8) is 0 Å². The fourth-order valence-electron chi connectivity index (χ4n) is 3.00. The van der Waals surface area contributed by atoms with E-state index < -0.39 is 12.0 Å². The number of rotatable bonds is 6. The van der Waals surface area contributed by atoms with Crippen molar-refractivity contribution in [3.05, 3.63) is 75.4 Å². The lowest BCUT2D eigenvalue weighted by molar-refractivity contribution is -0.136. The van der Waals surface area contributed by atoms with Gasteiger partial charge in [0.05, 0.1) is 18.7 Å². The number of urea groups is 1. The van der Waals surface area contributed by atoms with Crippen molar-refractivity contribution in [3.8, 4) is 5.75 Å². The van der Waals surface area contributed by atoms with E-state index in [1.807, 2.05) is 55.5 Å². The van der Waals surface area contributed by atoms with Crippen LogP contribution in [0, 0.1) is 0 Å². The van der Waals surface area contributed by atoms with Crippen LogP contribution in [0.3, 0.4) is 0 Å². The molecule has 1 atom stereocenters. The number of allylic oxidation sites excluding steroid dienone is 1. The number of hydrogen-bond acceptors (Lipinski definition) is 4. The molecule has 0 radical (unpaired) electrons. The van der Waals surface area contributed by atoms with Gasteiger partial charge in [-0.2, -0.15) is 0 Å². The number of amides is 2. The molecule has 1 heterocycles. The van der Waals surface area contributed by atoms with Gasteiger partial charge in [0.25, 0.3) is 0 Å². The number of methoxy groups -OCH3 is 1. The van der Waals surface area contributed by atoms with E-state index in [0.29, 0.717) is 30.0 Å². The Balaban J connectivity index is 1.78. The van der Waals surface area contributed by atoms with E-state index in [2.05, 4.69) is 26.6 Å². The Morgan fingerprint density at radius 2 is 1.79 bits per heavy atom. The molecular weight excluding hydrogens is 424 g/mol. The van der Waals surface area contributed by atoms with Crippen molar-refractivity contribution >= 4 is 27.9 Å². The highest BCUT2D eigenvalue weighted by Gasteiger charge is 2.32. The van der Waals surface area contributed by atoms with Gasteiger partial charge in [-0.15, -0.1) is 0 Å². The minimum absolute atomic E-state index is 0.343. The smallest absolute Gasteiger partial charge is 0.337 e. The lowest BCUT2D eigenvalue weighted by atomic mass is 9.94. The number of hydrogen-bond donors (Lipinski definition) is 2. The summed E-state index contributed by atoms with van der Waals surface area (Å²) in [5, 5.41) is 5.48. The van der Waals surface area contributed by atoms with Crippen molar-refractivity contribution in [1.82, 2.24) is 10.6 Å². The van der Waals surface area contributed by atoms with Gasteiger partial charge in [-0.1, -0.05) is 47.1 Å². The third-order valence-corrected chi connectivity index (χ3v) is 4.97. The maximum absolute atomic E-state index is 12.3. The van der Waals surface area contributed by atoms with Gasteiger partial charge in [0, 0.05) is 10.2 Å². The molecule has 0 saturated carbocycles. The summed E-state index contributed by atoms with van der Waals surface area (Å²) in [5.74, 6) is 0.233. The van der Waals surface area contributed by atoms with Crippen molar-refractivity contribution in [2.75, 3.05) is 7.11 Å². The molecule has 0 spiro atoms. The zero-order valence-corrected chi connectivity index (χ0v) is 17.2. The van der Waals surface area contributed by atoms with Crippen LogP contribution in [0.4, 0.5) is 4.79 Å². The topological polar surface area (TPSA) is 76.7 Å². The zero-order chi connectivity index (χ0) is 20.1. The number of halogens is 1. The number of benzene rings is 2. The third-order valence-electron chi connectivity index (χ3n) is 4.44. The highest BCUT2D eigenvalue weighted by molar-refractivity contribution is 9.10. The molecule has 1 aliphatic heterocycles. The Morgan fingerprint density at radius 1 is 1.11 bits per heavy atom. The summed E-state index contributed by atoms with van der Waals surface area (Å²) in [6, 6.07) is 14.3. The van der Waals surface area contributed by atoms with Gasteiger partial charge in [-0.3, -0.25) is 0 Å². The molecule has 2 N–H and O–H groups in total. The molecule has 2 aromatic rings. The summed E-state index contributed by atoms with van der Waals surface area (Å²) in [4.78, 5) is 24.3. The Kier molecular flexibility index (Phi) is 6.36. The maximum Gasteiger partial charge on any atom is 0.337 e. The fourth-order valence-corrected chi connectivity index (χ4v) is 3.27. The Bertz CT molecular complexity index is 892. The first-order valence-corrected chi connectivity index (χ1v) is 9.67. The Hall–Kier alpha value is -2.80. The van der Waals surface area contributed by atoms with Crippen LogP contribution in [0.25, 0.3) is 0 Å². The number of ether oxygens (including phenoxy) is 2. The minimum atomic E-state index is -0.573. The van der Waals surface area contributed by atoms with Crippen LogP contribution >= 0.6 is 15.9 Å². The molecular formula is C21H21BrN2O4. The van der Waals surface area contributed by atoms with Crippen LogP contribution in [0.1, 0.15) is 30.5 Å². The van der Waals surface area contributed by atoms with E-state index in [1.54, 1.807) is 0 Å². The third kappa shape index (κ3) is 4.54. The zero-order valence-electron chi connectivity index (χ0n) is 15.6. The SMILES string of the molecule is CCC1=C(C(=O)OC)C(c2ccc(OCc3ccc(Br)cc3)cc2)NC(=O)N1. The number of carbonyl (C=O) groups is 2. The van der Waals surface area contributed by atoms with E-state index >= 15 is 0 Å². The van der Waals surface area contributed by atoms with Crippen LogP contribution in [0.15, 0.2) is 64.3 Å². The lowest BCUT2D eigenvalue weighted by Gasteiger charge is -2.28. The van der Waals surface area contributed by atoms with Gasteiger partial charge in [0.2, 0.25) is 0 Å². The molecule has 0 fully saturated rings. The molecule has 1 aliphatic rings. The fraction of sp³-hybridized carbons (Fsp3) is 0.238. The molecule has 0 saturated heterocycles. The molecule has 6 nitrogen and oxygen atoms in total. The molecule has 0 bridgehead atoms. The minimum Gasteiger partial charge on any atom is -0.489 e. The quantitative estimate of drug-likeness (QED) is 0.653. The molecule has 3 rings (SSSR count). The Morgan fingerprint density at radius 3 is 2.39 bits per heavy atom. The molecule has 28 heavy (non-hydrogen) atoms. The summed E-state index contributed by atoms with van der Waals surface area (Å²) in [6.45, 7) is 2.32. The van der Waals surface area contributed by atoms with Crippen LogP contribution in [-0.2, 0) is 16.1 Å². The number of esters is 1. The van der Waals surface area contributed by atoms with Crippen LogP contribution in [-0.4, -0.2) is 19.1 Å². The summed E-state index contributed by atoms with van der Waals surface area (Å²) in [5.41, 5.74) is 2.81. The predicted octanol–water partition coefficient (Wildman–Crippen LogP) is 4.22. The summed E-state index contributed by atoms with van der Waals surface area (Å²) in [7, 11) is 1.33. The number of nitrogens with one attached hydrogen (secondary N) is 2. The average Bonchev–Trinajstić information content (AvgIpc) is 2.72. The second-order valence-corrected chi connectivity index (χ2v) is 7.17. The summed E-state index contributed by atoms with van der Waals surface area (Å²) < 4.78 is 11.7. The van der Waals surface area contributed by atoms with Gasteiger partial charge >= 0.3 is 12.0 Å². The molecule has 7 heteroatoms. The molecule has 146 valence electrons. The van der Waals surface area contributed by atoms with Crippen molar-refractivity contribution in [1.29, 1.82) is 0 Å². The van der Waals surface area contributed by atoms with Crippen molar-refractivity contribution in [2.24, 2.45) is 0 Å². The van der Waals surface area contributed by atoms with E-state index in [0.717, 1.165) is 15.6 Å². The normalized spacial score (nSPS) is 16.2. The van der Waals surface area contributed by atoms with E-state index in [1.165, 1.54) is 7.11 Å². The van der Waals surface area contributed by atoms with Crippen LogP contribution < -0.4 is 15.4 Å². The van der Waals surface area contributed by atoms with E-state index in [9.17, 15) is 9.59 Å². The Labute approximate surface area is 172 Å². The van der Waals surface area contributed by atoms with Gasteiger partial charge in [-0.25, -0.2) is 9.59 Å². The standard InChI is InChI=1S/C21H21BrN2O4/c1-3-17-18(20(25)27-2)19(24-21(26)23-17)14-6-10-16(11-7-14)28-12-13-4-8-15(22)9-5-13/h4-11,19H,3,12H2,1-2H3,(H2,23,24,26). The maximum atomic E-state index is 12.3. The highest BCUT2D eigenvalue weighted by Crippen LogP contribution is 2.30. The lowest BCUT2D eigenvalue weighted by Crippen LogP contribution is -2.45. The van der Waals surface area contributed by atoms with Crippen LogP contribution in [0.5, 0.6) is 5.75 Å². The summed E-state index contributed by atoms with van der Waals surface area (Å²) in [6.07, 6.45) is 0.517. The first-order chi connectivity index (χ1) is 13.5. The van der Waals surface area contributed by atoms with Gasteiger partial charge in [-0.05, 0) is 41.8 Å². The predicted molar refractivity (Wildman–Crippen MR) is 109 cm³/mol.